The lowest BCUT2D eigenvalue weighted by atomic mass is 9.73. The maximum absolute atomic E-state index is 14.6. The monoisotopic (exact) mass is 370 g/mol. The van der Waals surface area contributed by atoms with Crippen LogP contribution in [0, 0.1) is 29.6 Å². The molecule has 0 aromatic rings. The van der Waals surface area contributed by atoms with Gasteiger partial charge in [0.25, 0.3) is 0 Å². The normalized spacial score (nSPS) is 39.8. The zero-order valence-electron chi connectivity index (χ0n) is 16.5. The van der Waals surface area contributed by atoms with Crippen LogP contribution in [0.3, 0.4) is 0 Å². The van der Waals surface area contributed by atoms with Gasteiger partial charge in [0.15, 0.2) is 0 Å². The van der Waals surface area contributed by atoms with E-state index in [2.05, 4.69) is 13.8 Å². The van der Waals surface area contributed by atoms with Gasteiger partial charge in [0, 0.05) is 6.42 Å². The minimum atomic E-state index is -3.28. The molecule has 0 N–H and O–H groups in total. The highest BCUT2D eigenvalue weighted by atomic mass is 19.3. The van der Waals surface area contributed by atoms with Crippen molar-refractivity contribution in [1.82, 2.24) is 0 Å². The van der Waals surface area contributed by atoms with E-state index in [1.807, 2.05) is 0 Å². The predicted molar refractivity (Wildman–Crippen MR) is 99.0 cm³/mol. The number of Topliss-reactive ketones (excluding diaryl/α,β-unsaturated/α-hetero) is 1. The van der Waals surface area contributed by atoms with Crippen LogP contribution in [0.1, 0.15) is 90.9 Å². The molecule has 4 heteroatoms. The second-order valence-electron chi connectivity index (χ2n) is 9.59. The van der Waals surface area contributed by atoms with Crippen molar-refractivity contribution in [3.8, 4) is 0 Å². The third-order valence-electron chi connectivity index (χ3n) is 7.24. The summed E-state index contributed by atoms with van der Waals surface area (Å²) >= 11 is 0. The summed E-state index contributed by atoms with van der Waals surface area (Å²) in [4.78, 5) is 12.5. The van der Waals surface area contributed by atoms with Crippen LogP contribution < -0.4 is 0 Å². The maximum atomic E-state index is 14.6. The third-order valence-corrected chi connectivity index (χ3v) is 7.24. The van der Waals surface area contributed by atoms with Gasteiger partial charge in [0.1, 0.15) is 11.7 Å². The Morgan fingerprint density at radius 3 is 1.96 bits per heavy atom. The molecule has 0 heterocycles. The number of hydrogen-bond acceptors (Lipinski definition) is 2. The summed E-state index contributed by atoms with van der Waals surface area (Å²) in [5.74, 6) is 0.944. The molecule has 0 amide bonds. The summed E-state index contributed by atoms with van der Waals surface area (Å²) in [6, 6.07) is 0. The SMILES string of the molecule is CC1CCC(CC2CCC(C(F)(F)OC3CCC(C)CC3)C(=O)C2)CC1. The van der Waals surface area contributed by atoms with Crippen LogP contribution >= 0.6 is 0 Å². The Morgan fingerprint density at radius 2 is 1.38 bits per heavy atom. The number of ether oxygens (including phenoxy) is 1. The summed E-state index contributed by atoms with van der Waals surface area (Å²) in [5, 5.41) is 0. The first-order valence-corrected chi connectivity index (χ1v) is 10.9. The Labute approximate surface area is 157 Å². The van der Waals surface area contributed by atoms with Gasteiger partial charge in [-0.2, -0.15) is 8.78 Å². The van der Waals surface area contributed by atoms with Crippen molar-refractivity contribution >= 4 is 5.78 Å². The average molecular weight is 371 g/mol. The number of ketones is 1. The molecule has 150 valence electrons. The van der Waals surface area contributed by atoms with E-state index in [1.54, 1.807) is 0 Å². The molecule has 0 saturated heterocycles. The Hall–Kier alpha value is -0.510. The molecule has 0 bridgehead atoms. The van der Waals surface area contributed by atoms with Crippen LogP contribution in [0.4, 0.5) is 8.78 Å². The lowest BCUT2D eigenvalue weighted by Gasteiger charge is -2.37. The van der Waals surface area contributed by atoms with E-state index < -0.39 is 12.0 Å². The molecule has 0 aliphatic heterocycles. The maximum Gasteiger partial charge on any atom is 0.365 e. The summed E-state index contributed by atoms with van der Waals surface area (Å²) in [5.41, 5.74) is 0. The number of carbonyl (C=O) groups is 1. The van der Waals surface area contributed by atoms with Gasteiger partial charge in [0.05, 0.1) is 6.10 Å². The minimum absolute atomic E-state index is 0.264. The highest BCUT2D eigenvalue weighted by Gasteiger charge is 2.49. The third kappa shape index (κ3) is 5.27. The molecule has 0 spiro atoms. The van der Waals surface area contributed by atoms with E-state index in [0.717, 1.165) is 31.6 Å². The van der Waals surface area contributed by atoms with Crippen LogP contribution in [0.2, 0.25) is 0 Å². The van der Waals surface area contributed by atoms with Gasteiger partial charge in [-0.05, 0) is 68.6 Å². The largest absolute Gasteiger partial charge is 0.365 e. The Bertz CT molecular complexity index is 463. The van der Waals surface area contributed by atoms with E-state index in [4.69, 9.17) is 4.74 Å². The summed E-state index contributed by atoms with van der Waals surface area (Å²) in [6.07, 6.45) is 7.10. The average Bonchev–Trinajstić information content (AvgIpc) is 2.59. The van der Waals surface area contributed by atoms with Crippen molar-refractivity contribution in [3.05, 3.63) is 0 Å². The molecule has 0 aromatic heterocycles. The molecule has 3 fully saturated rings. The van der Waals surface area contributed by atoms with E-state index in [9.17, 15) is 13.6 Å². The molecule has 3 saturated carbocycles. The molecule has 0 aromatic carbocycles. The number of alkyl halides is 2. The minimum Gasteiger partial charge on any atom is -0.317 e. The van der Waals surface area contributed by atoms with E-state index in [-0.39, 0.29) is 11.9 Å². The summed E-state index contributed by atoms with van der Waals surface area (Å²) < 4.78 is 34.4. The highest BCUT2D eigenvalue weighted by molar-refractivity contribution is 5.82. The van der Waals surface area contributed by atoms with E-state index in [1.165, 1.54) is 25.7 Å². The van der Waals surface area contributed by atoms with Gasteiger partial charge in [-0.3, -0.25) is 4.79 Å². The molecule has 3 aliphatic rings. The van der Waals surface area contributed by atoms with Crippen LogP contribution in [-0.2, 0) is 9.53 Å². The first-order chi connectivity index (χ1) is 12.3. The lowest BCUT2D eigenvalue weighted by Crippen LogP contribution is -2.43. The predicted octanol–water partition coefficient (Wildman–Crippen LogP) is 6.38. The molecule has 3 aliphatic carbocycles. The number of halogens is 2. The van der Waals surface area contributed by atoms with Gasteiger partial charge in [-0.15, -0.1) is 0 Å². The number of carbonyl (C=O) groups excluding carboxylic acids is 1. The fraction of sp³-hybridized carbons (Fsp3) is 0.955. The van der Waals surface area contributed by atoms with Crippen molar-refractivity contribution in [3.63, 3.8) is 0 Å². The van der Waals surface area contributed by atoms with Crippen LogP contribution in [-0.4, -0.2) is 18.0 Å². The molecular formula is C22H36F2O2. The second-order valence-corrected chi connectivity index (χ2v) is 9.59. The fourth-order valence-electron chi connectivity index (χ4n) is 5.34. The lowest BCUT2D eigenvalue weighted by molar-refractivity contribution is -0.293. The second kappa shape index (κ2) is 8.67. The fourth-order valence-corrected chi connectivity index (χ4v) is 5.34. The quantitative estimate of drug-likeness (QED) is 0.561. The van der Waals surface area contributed by atoms with Crippen LogP contribution in [0.25, 0.3) is 0 Å². The van der Waals surface area contributed by atoms with Crippen molar-refractivity contribution in [2.75, 3.05) is 0 Å². The van der Waals surface area contributed by atoms with Gasteiger partial charge in [-0.25, -0.2) is 0 Å². The van der Waals surface area contributed by atoms with Gasteiger partial charge >= 0.3 is 6.11 Å². The Kier molecular flexibility index (Phi) is 6.74. The van der Waals surface area contributed by atoms with Gasteiger partial charge in [0.2, 0.25) is 0 Å². The zero-order valence-corrected chi connectivity index (χ0v) is 16.5. The van der Waals surface area contributed by atoms with Gasteiger partial charge < -0.3 is 4.74 Å². The first kappa shape index (κ1) is 20.2. The van der Waals surface area contributed by atoms with E-state index >= 15 is 0 Å². The molecule has 26 heavy (non-hydrogen) atoms. The first-order valence-electron chi connectivity index (χ1n) is 10.9. The smallest absolute Gasteiger partial charge is 0.317 e. The summed E-state index contributed by atoms with van der Waals surface area (Å²) in [7, 11) is 0. The highest BCUT2D eigenvalue weighted by Crippen LogP contribution is 2.43. The molecule has 3 rings (SSSR count). The van der Waals surface area contributed by atoms with Crippen LogP contribution in [0.5, 0.6) is 0 Å². The summed E-state index contributed by atoms with van der Waals surface area (Å²) in [6.45, 7) is 4.46. The topological polar surface area (TPSA) is 26.3 Å². The Morgan fingerprint density at radius 1 is 0.846 bits per heavy atom. The van der Waals surface area contributed by atoms with Gasteiger partial charge in [-0.1, -0.05) is 39.5 Å². The molecule has 0 radical (unpaired) electrons. The zero-order chi connectivity index (χ0) is 18.7. The molecule has 2 unspecified atom stereocenters. The molecular weight excluding hydrogens is 334 g/mol. The number of hydrogen-bond donors (Lipinski definition) is 0. The van der Waals surface area contributed by atoms with Crippen molar-refractivity contribution in [2.45, 2.75) is 103 Å². The van der Waals surface area contributed by atoms with Crippen molar-refractivity contribution < 1.29 is 18.3 Å². The van der Waals surface area contributed by atoms with Crippen molar-refractivity contribution in [2.24, 2.45) is 29.6 Å². The van der Waals surface area contributed by atoms with Crippen LogP contribution in [0.15, 0.2) is 0 Å². The molecule has 2 atom stereocenters. The Balaban J connectivity index is 1.47. The standard InChI is InChI=1S/C22H36F2O2/c1-15-3-7-17(8-4-15)13-18-9-12-20(21(25)14-18)22(23,24)26-19-10-5-16(2)6-11-19/h15-20H,3-14H2,1-2H3. The molecule has 2 nitrogen and oxygen atoms in total. The van der Waals surface area contributed by atoms with Crippen molar-refractivity contribution in [1.29, 1.82) is 0 Å². The van der Waals surface area contributed by atoms with E-state index in [0.29, 0.717) is 43.4 Å². The number of rotatable bonds is 5.